The van der Waals surface area contributed by atoms with Crippen molar-refractivity contribution >= 4 is 57.2 Å². The predicted molar refractivity (Wildman–Crippen MR) is 116 cm³/mol. The Morgan fingerprint density at radius 1 is 1.00 bits per heavy atom. The number of nitrogens with zero attached hydrogens (tertiary/aromatic N) is 1. The summed E-state index contributed by atoms with van der Waals surface area (Å²) in [7, 11) is 5.86. The molecule has 1 amide bonds. The normalized spacial score (nSPS) is 10.1. The summed E-state index contributed by atoms with van der Waals surface area (Å²) in [5, 5.41) is 6.54. The molecule has 0 saturated heterocycles. The summed E-state index contributed by atoms with van der Waals surface area (Å²) < 4.78 is 9.51. The van der Waals surface area contributed by atoms with Crippen LogP contribution in [0.1, 0.15) is 36.0 Å². The van der Waals surface area contributed by atoms with E-state index in [-0.39, 0.29) is 16.6 Å². The van der Waals surface area contributed by atoms with Crippen molar-refractivity contribution in [3.8, 4) is 0 Å². The number of esters is 2. The van der Waals surface area contributed by atoms with Crippen LogP contribution in [0.3, 0.4) is 0 Å². The first-order valence-electron chi connectivity index (χ1n) is 8.39. The van der Waals surface area contributed by atoms with E-state index in [1.807, 2.05) is 0 Å². The highest BCUT2D eigenvalue weighted by Gasteiger charge is 2.26. The van der Waals surface area contributed by atoms with Crippen molar-refractivity contribution in [3.05, 3.63) is 45.8 Å². The van der Waals surface area contributed by atoms with Crippen molar-refractivity contribution in [2.75, 3.05) is 38.9 Å². The second kappa shape index (κ2) is 9.48. The van der Waals surface area contributed by atoms with Gasteiger partial charge in [-0.25, -0.2) is 9.59 Å². The Labute approximate surface area is 177 Å². The molecule has 0 aliphatic rings. The third kappa shape index (κ3) is 5.09. The van der Waals surface area contributed by atoms with Crippen molar-refractivity contribution in [2.45, 2.75) is 6.92 Å². The monoisotopic (exact) mass is 435 g/mol. The minimum atomic E-state index is -0.565. The fraction of sp³-hybridized carbons (Fsp3) is 0.263. The number of amides is 1. The molecule has 0 aliphatic heterocycles. The molecule has 10 heteroatoms. The molecule has 0 atom stereocenters. The van der Waals surface area contributed by atoms with E-state index >= 15 is 0 Å². The Morgan fingerprint density at radius 2 is 1.59 bits per heavy atom. The fourth-order valence-electron chi connectivity index (χ4n) is 2.43. The van der Waals surface area contributed by atoms with Gasteiger partial charge in [0.15, 0.2) is 5.11 Å². The second-order valence-electron chi connectivity index (χ2n) is 6.10. The molecule has 2 N–H and O–H groups in total. The Morgan fingerprint density at radius 3 is 2.10 bits per heavy atom. The maximum atomic E-state index is 12.4. The minimum absolute atomic E-state index is 0.214. The number of ether oxygens (including phenoxy) is 2. The molecular formula is C19H21N3O5S2. The number of rotatable bonds is 5. The fourth-order valence-corrected chi connectivity index (χ4v) is 3.93. The van der Waals surface area contributed by atoms with Gasteiger partial charge in [-0.1, -0.05) is 0 Å². The Bertz CT molecular complexity index is 951. The lowest BCUT2D eigenvalue weighted by Gasteiger charge is -2.11. The van der Waals surface area contributed by atoms with Gasteiger partial charge in [0.1, 0.15) is 5.00 Å². The van der Waals surface area contributed by atoms with Gasteiger partial charge in [-0.2, -0.15) is 0 Å². The summed E-state index contributed by atoms with van der Waals surface area (Å²) in [6.45, 7) is 1.69. The number of carbonyl (C=O) groups is 3. The third-order valence-corrected chi connectivity index (χ3v) is 5.33. The number of hydrogen-bond donors (Lipinski definition) is 2. The van der Waals surface area contributed by atoms with Gasteiger partial charge in [0.25, 0.3) is 5.91 Å². The summed E-state index contributed by atoms with van der Waals surface area (Å²) in [4.78, 5) is 38.0. The van der Waals surface area contributed by atoms with Crippen LogP contribution in [-0.2, 0) is 9.47 Å². The SMILES string of the molecule is COC(=O)c1ccc(NC(=S)Nc2sc(C(=O)N(C)C)c(C)c2C(=O)OC)cc1. The maximum absolute atomic E-state index is 12.4. The third-order valence-electron chi connectivity index (χ3n) is 3.93. The molecule has 0 bridgehead atoms. The van der Waals surface area contributed by atoms with E-state index in [2.05, 4.69) is 15.4 Å². The zero-order valence-electron chi connectivity index (χ0n) is 16.6. The average Bonchev–Trinajstić information content (AvgIpc) is 3.02. The van der Waals surface area contributed by atoms with Crippen LogP contribution in [0.15, 0.2) is 24.3 Å². The lowest BCUT2D eigenvalue weighted by atomic mass is 10.1. The summed E-state index contributed by atoms with van der Waals surface area (Å²) in [5.41, 5.74) is 1.82. The zero-order valence-corrected chi connectivity index (χ0v) is 18.2. The summed E-state index contributed by atoms with van der Waals surface area (Å²) in [6.07, 6.45) is 0. The molecule has 0 aliphatic carbocycles. The van der Waals surface area contributed by atoms with Crippen LogP contribution in [0, 0.1) is 6.92 Å². The average molecular weight is 436 g/mol. The van der Waals surface area contributed by atoms with Gasteiger partial charge < -0.3 is 25.0 Å². The molecule has 2 rings (SSSR count). The molecule has 1 aromatic carbocycles. The van der Waals surface area contributed by atoms with Gasteiger partial charge in [0.2, 0.25) is 0 Å². The molecule has 0 spiro atoms. The highest BCUT2D eigenvalue weighted by atomic mass is 32.1. The molecule has 8 nitrogen and oxygen atoms in total. The van der Waals surface area contributed by atoms with Gasteiger partial charge in [-0.3, -0.25) is 4.79 Å². The van der Waals surface area contributed by atoms with Crippen LogP contribution in [0.4, 0.5) is 10.7 Å². The zero-order chi connectivity index (χ0) is 21.7. The number of anilines is 2. The van der Waals surface area contributed by atoms with E-state index in [4.69, 9.17) is 17.0 Å². The Kier molecular flexibility index (Phi) is 7.29. The van der Waals surface area contributed by atoms with Crippen molar-refractivity contribution in [1.82, 2.24) is 4.90 Å². The summed E-state index contributed by atoms with van der Waals surface area (Å²) >= 11 is 6.45. The number of thiocarbonyl (C=S) groups is 1. The molecule has 2 aromatic rings. The lowest BCUT2D eigenvalue weighted by Crippen LogP contribution is -2.21. The van der Waals surface area contributed by atoms with Crippen LogP contribution in [0.25, 0.3) is 0 Å². The minimum Gasteiger partial charge on any atom is -0.465 e. The molecule has 154 valence electrons. The summed E-state index contributed by atoms with van der Waals surface area (Å²) in [6, 6.07) is 6.53. The van der Waals surface area contributed by atoms with Gasteiger partial charge in [0.05, 0.1) is 30.2 Å². The van der Waals surface area contributed by atoms with E-state index in [0.717, 1.165) is 11.3 Å². The molecule has 0 saturated carbocycles. The number of methoxy groups -OCH3 is 2. The lowest BCUT2D eigenvalue weighted by molar-refractivity contribution is 0.0592. The second-order valence-corrected chi connectivity index (χ2v) is 7.53. The molecular weight excluding hydrogens is 414 g/mol. The first-order valence-corrected chi connectivity index (χ1v) is 9.61. The van der Waals surface area contributed by atoms with Crippen molar-refractivity contribution in [1.29, 1.82) is 0 Å². The smallest absolute Gasteiger partial charge is 0.341 e. The number of carbonyl (C=O) groups excluding carboxylic acids is 3. The summed E-state index contributed by atoms with van der Waals surface area (Å²) in [5.74, 6) is -1.22. The van der Waals surface area contributed by atoms with E-state index < -0.39 is 11.9 Å². The maximum Gasteiger partial charge on any atom is 0.341 e. The van der Waals surface area contributed by atoms with Crippen LogP contribution < -0.4 is 10.6 Å². The van der Waals surface area contributed by atoms with Crippen LogP contribution >= 0.6 is 23.6 Å². The topological polar surface area (TPSA) is 97.0 Å². The molecule has 0 unspecified atom stereocenters. The van der Waals surface area contributed by atoms with Crippen molar-refractivity contribution in [2.24, 2.45) is 0 Å². The van der Waals surface area contributed by atoms with E-state index in [1.54, 1.807) is 45.3 Å². The Hall–Kier alpha value is -2.98. The van der Waals surface area contributed by atoms with E-state index in [9.17, 15) is 14.4 Å². The highest BCUT2D eigenvalue weighted by Crippen LogP contribution is 2.34. The molecule has 1 heterocycles. The number of nitrogens with one attached hydrogen (secondary N) is 2. The molecule has 0 fully saturated rings. The predicted octanol–water partition coefficient (Wildman–Crippen LogP) is 3.14. The molecule has 29 heavy (non-hydrogen) atoms. The Balaban J connectivity index is 2.24. The van der Waals surface area contributed by atoms with Crippen LogP contribution in [0.2, 0.25) is 0 Å². The van der Waals surface area contributed by atoms with Crippen LogP contribution in [-0.4, -0.2) is 56.2 Å². The quantitative estimate of drug-likeness (QED) is 0.546. The van der Waals surface area contributed by atoms with E-state index in [0.29, 0.717) is 26.7 Å². The highest BCUT2D eigenvalue weighted by molar-refractivity contribution is 7.80. The van der Waals surface area contributed by atoms with Crippen molar-refractivity contribution < 1.29 is 23.9 Å². The van der Waals surface area contributed by atoms with Gasteiger partial charge >= 0.3 is 11.9 Å². The standard InChI is InChI=1S/C19H21N3O5S2/c1-10-13(18(25)27-5)15(29-14(10)16(23)22(2)3)21-19(28)20-12-8-6-11(7-9-12)17(24)26-4/h6-9H,1-5H3,(H2,20,21,28). The number of hydrogen-bond acceptors (Lipinski definition) is 7. The largest absolute Gasteiger partial charge is 0.465 e. The number of thiophene rings is 1. The molecule has 1 aromatic heterocycles. The first-order chi connectivity index (χ1) is 13.7. The van der Waals surface area contributed by atoms with E-state index in [1.165, 1.54) is 19.1 Å². The van der Waals surface area contributed by atoms with Crippen LogP contribution in [0.5, 0.6) is 0 Å². The number of benzene rings is 1. The molecule has 0 radical (unpaired) electrons. The first kappa shape index (κ1) is 22.3. The van der Waals surface area contributed by atoms with Crippen molar-refractivity contribution in [3.63, 3.8) is 0 Å². The van der Waals surface area contributed by atoms with Gasteiger partial charge in [0, 0.05) is 19.8 Å². The van der Waals surface area contributed by atoms with Gasteiger partial charge in [-0.05, 0) is 49.0 Å². The van der Waals surface area contributed by atoms with Gasteiger partial charge in [-0.15, -0.1) is 11.3 Å².